The molecule has 1 aliphatic rings. The number of halogens is 1. The normalized spacial score (nSPS) is 17.8. The van der Waals surface area contributed by atoms with E-state index < -0.39 is 0 Å². The molecule has 1 fully saturated rings. The largest absolute Gasteiger partial charge is 0.497 e. The molecule has 0 radical (unpaired) electrons. The maximum atomic E-state index is 13.8. The van der Waals surface area contributed by atoms with E-state index in [0.717, 1.165) is 25.2 Å². The molecule has 2 heterocycles. The van der Waals surface area contributed by atoms with Crippen molar-refractivity contribution in [3.05, 3.63) is 41.5 Å². The lowest BCUT2D eigenvalue weighted by Crippen LogP contribution is -2.14. The molecule has 22 heavy (non-hydrogen) atoms. The standard InChI is InChI=1S/C15H20FN5O/c1-22-14-3-2-11(15(16)6-14)7-18-8-12-10-21(20-19-12)13-4-5-17-9-13/h2-3,6,10,13,17-18H,4-5,7-9H2,1H3. The summed E-state index contributed by atoms with van der Waals surface area (Å²) in [5.74, 6) is 0.252. The van der Waals surface area contributed by atoms with Crippen molar-refractivity contribution in [3.8, 4) is 5.75 Å². The zero-order valence-electron chi connectivity index (χ0n) is 12.6. The summed E-state index contributed by atoms with van der Waals surface area (Å²) in [6.45, 7) is 2.96. The molecule has 0 aliphatic carbocycles. The second kappa shape index (κ2) is 6.85. The predicted molar refractivity (Wildman–Crippen MR) is 80.0 cm³/mol. The van der Waals surface area contributed by atoms with E-state index in [9.17, 15) is 4.39 Å². The summed E-state index contributed by atoms with van der Waals surface area (Å²) in [7, 11) is 1.52. The highest BCUT2D eigenvalue weighted by atomic mass is 19.1. The van der Waals surface area contributed by atoms with Gasteiger partial charge in [-0.25, -0.2) is 9.07 Å². The molecule has 6 nitrogen and oxygen atoms in total. The minimum Gasteiger partial charge on any atom is -0.497 e. The number of hydrogen-bond donors (Lipinski definition) is 2. The molecule has 2 N–H and O–H groups in total. The minimum atomic E-state index is -0.271. The second-order valence-corrected chi connectivity index (χ2v) is 5.40. The summed E-state index contributed by atoms with van der Waals surface area (Å²) in [5.41, 5.74) is 1.47. The third-order valence-corrected chi connectivity index (χ3v) is 3.85. The van der Waals surface area contributed by atoms with Crippen molar-refractivity contribution in [3.63, 3.8) is 0 Å². The Morgan fingerprint density at radius 3 is 3.09 bits per heavy atom. The Morgan fingerprint density at radius 1 is 1.45 bits per heavy atom. The summed E-state index contributed by atoms with van der Waals surface area (Å²) in [4.78, 5) is 0. The first kappa shape index (κ1) is 14.9. The maximum Gasteiger partial charge on any atom is 0.131 e. The van der Waals surface area contributed by atoms with E-state index in [1.807, 2.05) is 10.9 Å². The van der Waals surface area contributed by atoms with E-state index in [1.54, 1.807) is 12.1 Å². The van der Waals surface area contributed by atoms with Gasteiger partial charge in [0, 0.05) is 31.3 Å². The molecule has 0 amide bonds. The molecule has 1 aromatic heterocycles. The van der Waals surface area contributed by atoms with Crippen molar-refractivity contribution in [2.24, 2.45) is 0 Å². The molecule has 3 rings (SSSR count). The van der Waals surface area contributed by atoms with Crippen LogP contribution in [0.3, 0.4) is 0 Å². The fraction of sp³-hybridized carbons (Fsp3) is 0.467. The van der Waals surface area contributed by atoms with Crippen molar-refractivity contribution >= 4 is 0 Å². The molecule has 118 valence electrons. The number of nitrogens with zero attached hydrogens (tertiary/aromatic N) is 3. The van der Waals surface area contributed by atoms with Crippen LogP contribution in [0.4, 0.5) is 4.39 Å². The van der Waals surface area contributed by atoms with Crippen LogP contribution in [0, 0.1) is 5.82 Å². The van der Waals surface area contributed by atoms with Crippen molar-refractivity contribution in [2.75, 3.05) is 20.2 Å². The van der Waals surface area contributed by atoms with Gasteiger partial charge in [-0.05, 0) is 19.0 Å². The summed E-state index contributed by atoms with van der Waals surface area (Å²) < 4.78 is 20.7. The SMILES string of the molecule is COc1ccc(CNCc2cn(C3CCNC3)nn2)c(F)c1. The Labute approximate surface area is 128 Å². The summed E-state index contributed by atoms with van der Waals surface area (Å²) in [5, 5.41) is 14.8. The molecule has 0 spiro atoms. The first-order valence-corrected chi connectivity index (χ1v) is 7.41. The molecule has 1 atom stereocenters. The molecule has 0 saturated carbocycles. The lowest BCUT2D eigenvalue weighted by atomic mass is 10.2. The van der Waals surface area contributed by atoms with Crippen LogP contribution in [0.15, 0.2) is 24.4 Å². The van der Waals surface area contributed by atoms with E-state index in [4.69, 9.17) is 4.74 Å². The van der Waals surface area contributed by atoms with Gasteiger partial charge in [-0.2, -0.15) is 0 Å². The maximum absolute atomic E-state index is 13.8. The van der Waals surface area contributed by atoms with Crippen molar-refractivity contribution in [2.45, 2.75) is 25.6 Å². The molecule has 0 bridgehead atoms. The van der Waals surface area contributed by atoms with Crippen molar-refractivity contribution in [1.29, 1.82) is 0 Å². The Balaban J connectivity index is 1.52. The number of nitrogens with one attached hydrogen (secondary N) is 2. The number of hydrogen-bond acceptors (Lipinski definition) is 5. The monoisotopic (exact) mass is 305 g/mol. The van der Waals surface area contributed by atoms with Crippen LogP contribution in [0.25, 0.3) is 0 Å². The highest BCUT2D eigenvalue weighted by Crippen LogP contribution is 2.16. The Hall–Kier alpha value is -1.99. The minimum absolute atomic E-state index is 0.271. The Kier molecular flexibility index (Phi) is 4.65. The van der Waals surface area contributed by atoms with Gasteiger partial charge in [0.2, 0.25) is 0 Å². The van der Waals surface area contributed by atoms with Gasteiger partial charge in [0.05, 0.1) is 25.0 Å². The highest BCUT2D eigenvalue weighted by Gasteiger charge is 2.17. The quantitative estimate of drug-likeness (QED) is 0.841. The predicted octanol–water partition coefficient (Wildman–Crippen LogP) is 1.25. The first-order valence-electron chi connectivity index (χ1n) is 7.41. The van der Waals surface area contributed by atoms with Gasteiger partial charge in [0.25, 0.3) is 0 Å². The van der Waals surface area contributed by atoms with Crippen LogP contribution in [-0.2, 0) is 13.1 Å². The lowest BCUT2D eigenvalue weighted by Gasteiger charge is -2.07. The highest BCUT2D eigenvalue weighted by molar-refractivity contribution is 5.28. The van der Waals surface area contributed by atoms with Crippen molar-refractivity contribution in [1.82, 2.24) is 25.6 Å². The molecule has 7 heteroatoms. The van der Waals surface area contributed by atoms with E-state index in [0.29, 0.717) is 30.4 Å². The topological polar surface area (TPSA) is 64.0 Å². The van der Waals surface area contributed by atoms with Crippen LogP contribution in [-0.4, -0.2) is 35.2 Å². The zero-order valence-corrected chi connectivity index (χ0v) is 12.6. The number of benzene rings is 1. The first-order chi connectivity index (χ1) is 10.8. The third kappa shape index (κ3) is 3.42. The molecule has 1 saturated heterocycles. The fourth-order valence-corrected chi connectivity index (χ4v) is 2.56. The van der Waals surface area contributed by atoms with Crippen LogP contribution in [0.2, 0.25) is 0 Å². The van der Waals surface area contributed by atoms with Gasteiger partial charge in [0.1, 0.15) is 11.6 Å². The van der Waals surface area contributed by atoms with Gasteiger partial charge < -0.3 is 15.4 Å². The van der Waals surface area contributed by atoms with Crippen LogP contribution >= 0.6 is 0 Å². The molecular weight excluding hydrogens is 285 g/mol. The van der Waals surface area contributed by atoms with E-state index in [-0.39, 0.29) is 5.82 Å². The van der Waals surface area contributed by atoms with Gasteiger partial charge in [-0.1, -0.05) is 11.3 Å². The van der Waals surface area contributed by atoms with Gasteiger partial charge in [-0.15, -0.1) is 5.10 Å². The third-order valence-electron chi connectivity index (χ3n) is 3.85. The summed E-state index contributed by atoms with van der Waals surface area (Å²) in [6, 6.07) is 5.26. The fourth-order valence-electron chi connectivity index (χ4n) is 2.56. The Morgan fingerprint density at radius 2 is 2.36 bits per heavy atom. The molecule has 1 unspecified atom stereocenters. The van der Waals surface area contributed by atoms with Gasteiger partial charge in [-0.3, -0.25) is 0 Å². The smallest absolute Gasteiger partial charge is 0.131 e. The molecule has 2 aromatic rings. The van der Waals surface area contributed by atoms with Gasteiger partial charge in [0.15, 0.2) is 0 Å². The zero-order chi connectivity index (χ0) is 15.4. The average Bonchev–Trinajstić information content (AvgIpc) is 3.19. The number of ether oxygens (including phenoxy) is 1. The number of methoxy groups -OCH3 is 1. The van der Waals surface area contributed by atoms with Gasteiger partial charge >= 0.3 is 0 Å². The van der Waals surface area contributed by atoms with E-state index in [2.05, 4.69) is 20.9 Å². The summed E-state index contributed by atoms with van der Waals surface area (Å²) in [6.07, 6.45) is 3.03. The van der Waals surface area contributed by atoms with Crippen molar-refractivity contribution < 1.29 is 9.13 Å². The van der Waals surface area contributed by atoms with Crippen LogP contribution in [0.1, 0.15) is 23.7 Å². The second-order valence-electron chi connectivity index (χ2n) is 5.40. The summed E-state index contributed by atoms with van der Waals surface area (Å²) >= 11 is 0. The number of rotatable bonds is 6. The van der Waals surface area contributed by atoms with Crippen LogP contribution < -0.4 is 15.4 Å². The molecule has 1 aromatic carbocycles. The number of aromatic nitrogens is 3. The lowest BCUT2D eigenvalue weighted by molar-refractivity contribution is 0.410. The average molecular weight is 305 g/mol. The Bertz CT molecular complexity index is 624. The van der Waals surface area contributed by atoms with E-state index >= 15 is 0 Å². The van der Waals surface area contributed by atoms with Crippen LogP contribution in [0.5, 0.6) is 5.75 Å². The molecule has 1 aliphatic heterocycles. The van der Waals surface area contributed by atoms with E-state index in [1.165, 1.54) is 13.2 Å². The molecular formula is C15H20FN5O.